The number of para-hydroxylation sites is 1. The molecule has 2 heterocycles. The summed E-state index contributed by atoms with van der Waals surface area (Å²) in [5.74, 6) is 0.898. The molecule has 22 heavy (non-hydrogen) atoms. The zero-order chi connectivity index (χ0) is 14.9. The van der Waals surface area contributed by atoms with Gasteiger partial charge >= 0.3 is 0 Å². The van der Waals surface area contributed by atoms with Crippen molar-refractivity contribution in [2.24, 2.45) is 0 Å². The van der Waals surface area contributed by atoms with E-state index in [9.17, 15) is 4.79 Å². The molecule has 0 radical (unpaired) electrons. The summed E-state index contributed by atoms with van der Waals surface area (Å²) < 4.78 is 7.51. The first kappa shape index (κ1) is 13.4. The Morgan fingerprint density at radius 2 is 2.14 bits per heavy atom. The smallest absolute Gasteiger partial charge is 0.241 e. The third-order valence-electron chi connectivity index (χ3n) is 4.45. The number of amides is 1. The van der Waals surface area contributed by atoms with Crippen molar-refractivity contribution in [2.75, 3.05) is 0 Å². The molecule has 114 valence electrons. The minimum absolute atomic E-state index is 0.0433. The molecule has 0 unspecified atom stereocenters. The average molecular weight is 297 g/mol. The van der Waals surface area contributed by atoms with Gasteiger partial charge in [-0.2, -0.15) is 5.10 Å². The van der Waals surface area contributed by atoms with Gasteiger partial charge in [0.05, 0.1) is 11.9 Å². The topological polar surface area (TPSA) is 56.2 Å². The van der Waals surface area contributed by atoms with E-state index >= 15 is 0 Å². The lowest BCUT2D eigenvalue weighted by atomic mass is 10.0. The van der Waals surface area contributed by atoms with E-state index in [0.717, 1.165) is 35.4 Å². The van der Waals surface area contributed by atoms with Crippen molar-refractivity contribution in [1.82, 2.24) is 15.1 Å². The van der Waals surface area contributed by atoms with Gasteiger partial charge in [0.2, 0.25) is 5.91 Å². The third kappa shape index (κ3) is 2.36. The molecule has 1 N–H and O–H groups in total. The summed E-state index contributed by atoms with van der Waals surface area (Å²) in [5.41, 5.74) is 3.05. The monoisotopic (exact) mass is 297 g/mol. The van der Waals surface area contributed by atoms with Gasteiger partial charge in [0.1, 0.15) is 18.9 Å². The number of nitrogens with zero attached hydrogens (tertiary/aromatic N) is 2. The van der Waals surface area contributed by atoms with Gasteiger partial charge in [-0.05, 0) is 25.0 Å². The van der Waals surface area contributed by atoms with Crippen LogP contribution in [0.25, 0.3) is 11.3 Å². The molecule has 1 aliphatic carbocycles. The maximum Gasteiger partial charge on any atom is 0.241 e. The first-order valence-electron chi connectivity index (χ1n) is 7.87. The highest BCUT2D eigenvalue weighted by molar-refractivity contribution is 5.78. The van der Waals surface area contributed by atoms with Crippen LogP contribution in [0.5, 0.6) is 5.75 Å². The molecule has 1 fully saturated rings. The van der Waals surface area contributed by atoms with Gasteiger partial charge in [-0.25, -0.2) is 0 Å². The lowest BCUT2D eigenvalue weighted by Gasteiger charge is -2.19. The van der Waals surface area contributed by atoms with E-state index in [2.05, 4.69) is 10.4 Å². The highest BCUT2D eigenvalue weighted by Crippen LogP contribution is 2.36. The number of ether oxygens (including phenoxy) is 1. The van der Waals surface area contributed by atoms with Crippen molar-refractivity contribution in [3.63, 3.8) is 0 Å². The minimum atomic E-state index is 0.0433. The molecule has 1 saturated carbocycles. The first-order valence-corrected chi connectivity index (χ1v) is 7.87. The number of hydrogen-bond donors (Lipinski definition) is 1. The number of nitrogens with one attached hydrogen (secondary N) is 1. The van der Waals surface area contributed by atoms with Gasteiger partial charge in [0.25, 0.3) is 0 Å². The Hall–Kier alpha value is -2.30. The van der Waals surface area contributed by atoms with Crippen LogP contribution in [-0.2, 0) is 17.9 Å². The van der Waals surface area contributed by atoms with Crippen LogP contribution in [0.4, 0.5) is 0 Å². The summed E-state index contributed by atoms with van der Waals surface area (Å²) in [6, 6.07) is 8.24. The van der Waals surface area contributed by atoms with Crippen LogP contribution in [0.2, 0.25) is 0 Å². The molecular weight excluding hydrogens is 278 g/mol. The quantitative estimate of drug-likeness (QED) is 0.947. The molecule has 2 aromatic rings. The number of carbonyl (C=O) groups excluding carboxylic acids is 1. The van der Waals surface area contributed by atoms with Gasteiger partial charge in [-0.3, -0.25) is 9.48 Å². The van der Waals surface area contributed by atoms with Crippen molar-refractivity contribution < 1.29 is 9.53 Å². The number of benzene rings is 1. The zero-order valence-corrected chi connectivity index (χ0v) is 12.4. The molecule has 0 saturated heterocycles. The molecule has 1 aromatic heterocycles. The Labute approximate surface area is 129 Å². The van der Waals surface area contributed by atoms with Crippen molar-refractivity contribution in [2.45, 2.75) is 44.9 Å². The normalized spacial score (nSPS) is 16.7. The Kier molecular flexibility index (Phi) is 3.33. The van der Waals surface area contributed by atoms with Crippen molar-refractivity contribution in [3.05, 3.63) is 36.0 Å². The fourth-order valence-electron chi connectivity index (χ4n) is 3.38. The SMILES string of the molecule is O=C(Cn1ncc2c1-c1ccccc1OC2)NC1CCCC1. The van der Waals surface area contributed by atoms with Crippen molar-refractivity contribution in [1.29, 1.82) is 0 Å². The second-order valence-electron chi connectivity index (χ2n) is 6.01. The predicted octanol–water partition coefficient (Wildman–Crippen LogP) is 2.50. The Bertz CT molecular complexity index is 702. The number of carbonyl (C=O) groups is 1. The second-order valence-corrected chi connectivity index (χ2v) is 6.01. The highest BCUT2D eigenvalue weighted by atomic mass is 16.5. The van der Waals surface area contributed by atoms with E-state index < -0.39 is 0 Å². The Balaban J connectivity index is 1.57. The van der Waals surface area contributed by atoms with Crippen LogP contribution in [-0.4, -0.2) is 21.7 Å². The van der Waals surface area contributed by atoms with Crippen LogP contribution in [0, 0.1) is 0 Å². The summed E-state index contributed by atoms with van der Waals surface area (Å²) in [7, 11) is 0. The van der Waals surface area contributed by atoms with Gasteiger partial charge < -0.3 is 10.1 Å². The van der Waals surface area contributed by atoms with E-state index in [4.69, 9.17) is 4.74 Å². The molecule has 0 spiro atoms. The fraction of sp³-hybridized carbons (Fsp3) is 0.412. The lowest BCUT2D eigenvalue weighted by Crippen LogP contribution is -2.35. The van der Waals surface area contributed by atoms with E-state index in [-0.39, 0.29) is 12.5 Å². The minimum Gasteiger partial charge on any atom is -0.488 e. The Morgan fingerprint density at radius 1 is 1.32 bits per heavy atom. The van der Waals surface area contributed by atoms with Crippen LogP contribution < -0.4 is 10.1 Å². The molecule has 5 nitrogen and oxygen atoms in total. The van der Waals surface area contributed by atoms with Crippen LogP contribution in [0.15, 0.2) is 30.5 Å². The number of aromatic nitrogens is 2. The van der Waals surface area contributed by atoms with Gasteiger partial charge in [-0.1, -0.05) is 25.0 Å². The molecule has 0 bridgehead atoms. The van der Waals surface area contributed by atoms with Crippen molar-refractivity contribution in [3.8, 4) is 17.0 Å². The first-order chi connectivity index (χ1) is 10.8. The molecule has 1 amide bonds. The molecule has 4 rings (SSSR count). The molecule has 0 atom stereocenters. The zero-order valence-electron chi connectivity index (χ0n) is 12.4. The number of rotatable bonds is 3. The third-order valence-corrected chi connectivity index (χ3v) is 4.45. The summed E-state index contributed by atoms with van der Waals surface area (Å²) >= 11 is 0. The summed E-state index contributed by atoms with van der Waals surface area (Å²) in [6.07, 6.45) is 6.42. The van der Waals surface area contributed by atoms with Crippen LogP contribution in [0.1, 0.15) is 31.2 Å². The van der Waals surface area contributed by atoms with Gasteiger partial charge in [-0.15, -0.1) is 0 Å². The van der Waals surface area contributed by atoms with E-state index in [1.807, 2.05) is 24.3 Å². The molecular formula is C17H19N3O2. The maximum atomic E-state index is 12.3. The number of hydrogen-bond acceptors (Lipinski definition) is 3. The van der Waals surface area contributed by atoms with Crippen LogP contribution >= 0.6 is 0 Å². The fourth-order valence-corrected chi connectivity index (χ4v) is 3.38. The molecule has 2 aliphatic rings. The summed E-state index contributed by atoms with van der Waals surface area (Å²) in [5, 5.41) is 7.50. The molecule has 1 aliphatic heterocycles. The molecule has 1 aromatic carbocycles. The van der Waals surface area contributed by atoms with Gasteiger partial charge in [0, 0.05) is 17.2 Å². The second kappa shape index (κ2) is 5.48. The molecule has 5 heteroatoms. The maximum absolute atomic E-state index is 12.3. The van der Waals surface area contributed by atoms with Crippen LogP contribution in [0.3, 0.4) is 0 Å². The summed E-state index contributed by atoms with van der Waals surface area (Å²) in [4.78, 5) is 12.3. The van der Waals surface area contributed by atoms with E-state index in [1.165, 1.54) is 12.8 Å². The predicted molar refractivity (Wildman–Crippen MR) is 82.4 cm³/mol. The van der Waals surface area contributed by atoms with Crippen molar-refractivity contribution >= 4 is 5.91 Å². The standard InChI is InChI=1S/C17H19N3O2/c21-16(19-13-5-1-2-6-13)10-20-17-12(9-18-20)11-22-15-8-4-3-7-14(15)17/h3-4,7-9,13H,1-2,5-6,10-11H2,(H,19,21). The highest BCUT2D eigenvalue weighted by Gasteiger charge is 2.23. The van der Waals surface area contributed by atoms with E-state index in [0.29, 0.717) is 12.6 Å². The van der Waals surface area contributed by atoms with E-state index in [1.54, 1.807) is 10.9 Å². The average Bonchev–Trinajstić information content (AvgIpc) is 3.17. The number of fused-ring (bicyclic) bond motifs is 3. The Morgan fingerprint density at radius 3 is 3.00 bits per heavy atom. The summed E-state index contributed by atoms with van der Waals surface area (Å²) in [6.45, 7) is 0.775. The largest absolute Gasteiger partial charge is 0.488 e. The van der Waals surface area contributed by atoms with Gasteiger partial charge in [0.15, 0.2) is 0 Å². The lowest BCUT2D eigenvalue weighted by molar-refractivity contribution is -0.122.